The van der Waals surface area contributed by atoms with Crippen molar-refractivity contribution in [1.29, 1.82) is 0 Å². The number of carbonyl (C=O) groups is 3. The molecule has 3 aliphatic rings. The Hall–Kier alpha value is -3.57. The van der Waals surface area contributed by atoms with E-state index in [9.17, 15) is 39.9 Å². The van der Waals surface area contributed by atoms with E-state index in [0.717, 1.165) is 5.56 Å². The van der Waals surface area contributed by atoms with Crippen molar-refractivity contribution in [3.05, 3.63) is 70.8 Å². The van der Waals surface area contributed by atoms with Crippen LogP contribution in [0.15, 0.2) is 54.1 Å². The molecule has 7 N–H and O–H groups in total. The van der Waals surface area contributed by atoms with E-state index in [0.29, 0.717) is 12.0 Å². The number of amides is 1. The van der Waals surface area contributed by atoms with Crippen LogP contribution in [0.2, 0.25) is 0 Å². The van der Waals surface area contributed by atoms with Crippen LogP contribution in [0.4, 0.5) is 0 Å². The first-order valence-corrected chi connectivity index (χ1v) is 12.4. The lowest BCUT2D eigenvalue weighted by atomic mass is 9.51. The minimum absolute atomic E-state index is 0.0267. The third-order valence-corrected chi connectivity index (χ3v) is 8.46. The van der Waals surface area contributed by atoms with Gasteiger partial charge >= 0.3 is 0 Å². The smallest absolute Gasteiger partial charge is 0.230 e. The molecular weight excluding hydrogens is 492 g/mol. The molecule has 0 saturated heterocycles. The molecule has 0 aromatic heterocycles. The number of nitrogens with two attached hydrogens (primary N) is 1. The van der Waals surface area contributed by atoms with Crippen LogP contribution >= 0.6 is 0 Å². The van der Waals surface area contributed by atoms with E-state index in [-0.39, 0.29) is 11.3 Å². The molecule has 3 aliphatic carbocycles. The Morgan fingerprint density at radius 1 is 1.00 bits per heavy atom. The molecule has 10 nitrogen and oxygen atoms in total. The summed E-state index contributed by atoms with van der Waals surface area (Å²) in [7, 11) is 3.05. The van der Waals surface area contributed by atoms with E-state index in [2.05, 4.69) is 0 Å². The second-order valence-electron chi connectivity index (χ2n) is 10.6. The van der Waals surface area contributed by atoms with Crippen LogP contribution in [0.3, 0.4) is 0 Å². The van der Waals surface area contributed by atoms with Crippen LogP contribution < -0.4 is 5.73 Å². The minimum Gasteiger partial charge on any atom is -0.507 e. The maximum atomic E-state index is 14.1. The fraction of sp³-hybridized carbons (Fsp3) is 0.393. The third kappa shape index (κ3) is 3.45. The average molecular weight is 523 g/mol. The zero-order valence-electron chi connectivity index (χ0n) is 20.9. The second-order valence-corrected chi connectivity index (χ2v) is 10.6. The van der Waals surface area contributed by atoms with Crippen molar-refractivity contribution in [1.82, 2.24) is 4.90 Å². The van der Waals surface area contributed by atoms with Crippen LogP contribution in [0.1, 0.15) is 22.6 Å². The summed E-state index contributed by atoms with van der Waals surface area (Å²) < 4.78 is 0. The Labute approximate surface area is 218 Å². The Kier molecular flexibility index (Phi) is 6.18. The minimum atomic E-state index is -2.95. The zero-order chi connectivity index (χ0) is 27.7. The number of phenols is 1. The number of aromatic hydroxyl groups is 1. The van der Waals surface area contributed by atoms with E-state index in [1.165, 1.54) is 25.1 Å². The number of carbonyl (C=O) groups excluding carboxylic acids is 3. The number of hydrogen-bond donors (Lipinski definition) is 6. The van der Waals surface area contributed by atoms with Crippen molar-refractivity contribution in [2.75, 3.05) is 14.1 Å². The van der Waals surface area contributed by atoms with Crippen LogP contribution in [0.25, 0.3) is 5.76 Å². The van der Waals surface area contributed by atoms with E-state index in [1.807, 2.05) is 30.3 Å². The number of primary amides is 1. The summed E-state index contributed by atoms with van der Waals surface area (Å²) in [5.41, 5.74) is 3.35. The van der Waals surface area contributed by atoms with Gasteiger partial charge in [0.25, 0.3) is 0 Å². The molecule has 10 heteroatoms. The van der Waals surface area contributed by atoms with E-state index < -0.39 is 76.3 Å². The van der Waals surface area contributed by atoms with Gasteiger partial charge in [0, 0.05) is 23.5 Å². The topological polar surface area (TPSA) is 182 Å². The predicted octanol–water partition coefficient (Wildman–Crippen LogP) is -0.116. The number of fused-ring (bicyclic) bond motifs is 3. The van der Waals surface area contributed by atoms with E-state index in [1.54, 1.807) is 12.1 Å². The number of likely N-dealkylation sites (N-methyl/N-ethyl adjacent to an activating group) is 1. The van der Waals surface area contributed by atoms with Gasteiger partial charge < -0.3 is 36.2 Å². The lowest BCUT2D eigenvalue weighted by Crippen LogP contribution is -2.76. The fourth-order valence-corrected chi connectivity index (χ4v) is 6.86. The molecule has 5 unspecified atom stereocenters. The molecule has 2 fully saturated rings. The molecule has 2 aromatic rings. The van der Waals surface area contributed by atoms with Crippen LogP contribution in [-0.2, 0) is 20.8 Å². The largest absolute Gasteiger partial charge is 0.507 e. The molecule has 5 rings (SSSR count). The van der Waals surface area contributed by atoms with Gasteiger partial charge in [0.15, 0.2) is 11.4 Å². The van der Waals surface area contributed by atoms with E-state index >= 15 is 0 Å². The third-order valence-electron chi connectivity index (χ3n) is 8.46. The van der Waals surface area contributed by atoms with Crippen molar-refractivity contribution in [3.63, 3.8) is 0 Å². The van der Waals surface area contributed by atoms with Crippen LogP contribution in [-0.4, -0.2) is 85.9 Å². The van der Waals surface area contributed by atoms with Crippen molar-refractivity contribution in [3.8, 4) is 5.75 Å². The van der Waals surface area contributed by atoms with Crippen molar-refractivity contribution in [2.24, 2.45) is 23.5 Å². The molecule has 38 heavy (non-hydrogen) atoms. The Balaban J connectivity index is 1.77. The monoisotopic (exact) mass is 522 g/mol. The van der Waals surface area contributed by atoms with Crippen LogP contribution in [0.5, 0.6) is 5.75 Å². The molecule has 0 aliphatic heterocycles. The molecule has 2 aromatic carbocycles. The van der Waals surface area contributed by atoms with Crippen molar-refractivity contribution < 1.29 is 39.9 Å². The van der Waals surface area contributed by atoms with Gasteiger partial charge in [-0.3, -0.25) is 14.4 Å². The summed E-state index contributed by atoms with van der Waals surface area (Å²) >= 11 is 0. The van der Waals surface area contributed by atoms with Gasteiger partial charge in [0.2, 0.25) is 11.7 Å². The summed E-state index contributed by atoms with van der Waals surface area (Å²) in [5.74, 6) is -9.91. The number of hydrogen-bond acceptors (Lipinski definition) is 9. The van der Waals surface area contributed by atoms with E-state index in [4.69, 9.17) is 5.73 Å². The molecule has 1 amide bonds. The molecular formula is C28H30N2O8. The highest BCUT2D eigenvalue weighted by molar-refractivity contribution is 6.25. The van der Waals surface area contributed by atoms with Gasteiger partial charge in [0.1, 0.15) is 17.4 Å². The number of rotatable bonds is 4. The first-order valence-electron chi connectivity index (χ1n) is 12.4. The first kappa shape index (κ1) is 26.1. The highest BCUT2D eigenvalue weighted by Gasteiger charge is 2.71. The molecule has 8 atom stereocenters. The molecule has 200 valence electrons. The van der Waals surface area contributed by atoms with Gasteiger partial charge in [-0.05, 0) is 43.6 Å². The molecule has 0 radical (unpaired) electrons. The summed E-state index contributed by atoms with van der Waals surface area (Å²) in [6, 6.07) is 12.6. The first-order chi connectivity index (χ1) is 17.9. The number of aliphatic hydroxyl groups is 4. The number of nitrogens with zero attached hydrogens (tertiary/aromatic N) is 1. The summed E-state index contributed by atoms with van der Waals surface area (Å²) in [4.78, 5) is 41.3. The molecule has 0 spiro atoms. The van der Waals surface area contributed by atoms with Crippen LogP contribution in [0, 0.1) is 17.8 Å². The SMILES string of the molecule is CN(C)[C@@H]1C(O)C(C(N)=O)C(=O)[C@@]2(O)C(=O)C3=C(O)c4c(O)cccc4C(Cc4ccccc4)C3[C@H](O)C12. The fourth-order valence-electron chi connectivity index (χ4n) is 6.86. The molecule has 0 heterocycles. The highest BCUT2D eigenvalue weighted by Crippen LogP contribution is 2.56. The average Bonchev–Trinajstić information content (AvgIpc) is 2.86. The maximum absolute atomic E-state index is 14.1. The maximum Gasteiger partial charge on any atom is 0.230 e. The van der Waals surface area contributed by atoms with Gasteiger partial charge in [-0.2, -0.15) is 0 Å². The summed E-state index contributed by atoms with van der Waals surface area (Å²) in [5, 5.41) is 56.7. The normalized spacial score (nSPS) is 34.5. The lowest BCUT2D eigenvalue weighted by molar-refractivity contribution is -0.199. The van der Waals surface area contributed by atoms with Gasteiger partial charge in [0.05, 0.1) is 17.8 Å². The number of benzene rings is 2. The Bertz CT molecular complexity index is 1360. The zero-order valence-corrected chi connectivity index (χ0v) is 20.9. The summed E-state index contributed by atoms with van der Waals surface area (Å²) in [6.07, 6.45) is -3.02. The number of ketones is 2. The number of Topliss-reactive ketones (excluding diaryl/α,β-unsaturated/α-hetero) is 2. The standard InChI is InChI=1S/C28H30N2O8/c1-30(2)21-20-23(33)17-14(11-12-7-4-3-5-8-12)13-9-6-10-15(31)16(13)22(32)18(17)25(35)28(20,38)26(36)19(24(21)34)27(29)37/h3-10,14,17,19-21,23-24,31-34,38H,11H2,1-2H3,(H2,29,37)/t14?,17?,19?,20?,21-,23-,24?,28-/m0/s1. The molecule has 2 saturated carbocycles. The second kappa shape index (κ2) is 9.02. The Morgan fingerprint density at radius 2 is 1.66 bits per heavy atom. The van der Waals surface area contributed by atoms with Crippen molar-refractivity contribution in [2.45, 2.75) is 36.2 Å². The quantitative estimate of drug-likeness (QED) is 0.298. The molecule has 0 bridgehead atoms. The van der Waals surface area contributed by atoms with Gasteiger partial charge in [-0.15, -0.1) is 0 Å². The summed E-state index contributed by atoms with van der Waals surface area (Å²) in [6.45, 7) is 0. The van der Waals surface area contributed by atoms with Crippen molar-refractivity contribution >= 4 is 23.2 Å². The highest BCUT2D eigenvalue weighted by atomic mass is 16.3. The predicted molar refractivity (Wildman–Crippen MR) is 135 cm³/mol. The van der Waals surface area contributed by atoms with Gasteiger partial charge in [-0.25, -0.2) is 0 Å². The Morgan fingerprint density at radius 3 is 2.26 bits per heavy atom. The number of phenolic OH excluding ortho intramolecular Hbond substituents is 1. The van der Waals surface area contributed by atoms with Gasteiger partial charge in [-0.1, -0.05) is 42.5 Å². The lowest BCUT2D eigenvalue weighted by Gasteiger charge is -2.56. The number of aliphatic hydroxyl groups excluding tert-OH is 3.